The van der Waals surface area contributed by atoms with E-state index in [-0.39, 0.29) is 40.5 Å². The highest BCUT2D eigenvalue weighted by Crippen LogP contribution is 2.46. The van der Waals surface area contributed by atoms with Gasteiger partial charge in [0.25, 0.3) is 12.3 Å². The lowest BCUT2D eigenvalue weighted by atomic mass is 10.0. The largest absolute Gasteiger partial charge is 0.394 e. The van der Waals surface area contributed by atoms with Crippen LogP contribution < -0.4 is 10.2 Å². The van der Waals surface area contributed by atoms with Crippen LogP contribution in [0.25, 0.3) is 11.3 Å². The number of aliphatic hydroxyl groups excluding tert-OH is 1. The van der Waals surface area contributed by atoms with E-state index in [1.165, 1.54) is 17.1 Å². The maximum atomic E-state index is 14.7. The molecule has 2 N–H and O–H groups in total. The Kier molecular flexibility index (Phi) is 7.10. The molecule has 216 valence electrons. The zero-order valence-electron chi connectivity index (χ0n) is 21.9. The zero-order valence-corrected chi connectivity index (χ0v) is 22.6. The lowest BCUT2D eigenvalue weighted by Crippen LogP contribution is -2.30. The number of fused-ring (bicyclic) bond motifs is 1. The summed E-state index contributed by atoms with van der Waals surface area (Å²) in [6.45, 7) is 1.98. The summed E-state index contributed by atoms with van der Waals surface area (Å²) >= 11 is 5.80. The van der Waals surface area contributed by atoms with E-state index in [4.69, 9.17) is 11.6 Å². The van der Waals surface area contributed by atoms with Gasteiger partial charge in [-0.1, -0.05) is 17.7 Å². The van der Waals surface area contributed by atoms with E-state index >= 15 is 0 Å². The number of nitrogens with one attached hydrogen (secondary N) is 1. The number of anilines is 2. The van der Waals surface area contributed by atoms with Gasteiger partial charge in [0.1, 0.15) is 11.7 Å². The van der Waals surface area contributed by atoms with Crippen molar-refractivity contribution in [2.45, 2.75) is 25.8 Å². The maximum absolute atomic E-state index is 14.7. The number of amides is 2. The molecule has 1 aliphatic heterocycles. The van der Waals surface area contributed by atoms with Gasteiger partial charge in [0.15, 0.2) is 5.82 Å². The molecule has 2 fully saturated rings. The quantitative estimate of drug-likeness (QED) is 0.310. The Balaban J connectivity index is 1.20. The number of alkyl halides is 2. The second-order valence-corrected chi connectivity index (χ2v) is 10.4. The Labute approximate surface area is 241 Å². The molecule has 11 nitrogen and oxygen atoms in total. The van der Waals surface area contributed by atoms with Gasteiger partial charge in [0.2, 0.25) is 11.9 Å². The summed E-state index contributed by atoms with van der Waals surface area (Å²) in [6, 6.07) is 1.30. The molecule has 1 aliphatic carbocycles. The number of hydrogen-bond acceptors (Lipinski definition) is 8. The molecule has 42 heavy (non-hydrogen) atoms. The lowest BCUT2D eigenvalue weighted by Gasteiger charge is -2.20. The highest BCUT2D eigenvalue weighted by Gasteiger charge is 2.53. The average Bonchev–Trinajstić information content (AvgIpc) is 3.48. The minimum absolute atomic E-state index is 0.0284. The van der Waals surface area contributed by atoms with Crippen molar-refractivity contribution in [1.29, 1.82) is 0 Å². The van der Waals surface area contributed by atoms with E-state index in [1.54, 1.807) is 18.0 Å². The van der Waals surface area contributed by atoms with Gasteiger partial charge in [-0.2, -0.15) is 5.10 Å². The van der Waals surface area contributed by atoms with Gasteiger partial charge in [0.05, 0.1) is 41.6 Å². The molecule has 1 saturated heterocycles. The Bertz CT molecular complexity index is 1720. The predicted molar refractivity (Wildman–Crippen MR) is 144 cm³/mol. The molecule has 0 unspecified atom stereocenters. The molecule has 0 spiro atoms. The number of carbonyl (C=O) groups excluding carboxylic acids is 2. The number of aryl methyl sites for hydroxylation is 1. The van der Waals surface area contributed by atoms with Gasteiger partial charge >= 0.3 is 0 Å². The second kappa shape index (κ2) is 10.8. The van der Waals surface area contributed by atoms with Gasteiger partial charge in [-0.15, -0.1) is 0 Å². The van der Waals surface area contributed by atoms with Crippen molar-refractivity contribution in [2.75, 3.05) is 23.4 Å². The predicted octanol–water partition coefficient (Wildman–Crippen LogP) is 3.99. The zero-order chi connectivity index (χ0) is 29.7. The molecule has 15 heteroatoms. The summed E-state index contributed by atoms with van der Waals surface area (Å²) in [5.41, 5.74) is -0.408. The van der Waals surface area contributed by atoms with Crippen molar-refractivity contribution in [3.05, 3.63) is 76.5 Å². The normalized spacial score (nSPS) is 18.4. The first kappa shape index (κ1) is 27.7. The van der Waals surface area contributed by atoms with Crippen LogP contribution in [-0.4, -0.2) is 59.8 Å². The number of aliphatic hydroxyl groups is 1. The first-order valence-corrected chi connectivity index (χ1v) is 13.2. The molecule has 1 saturated carbocycles. The van der Waals surface area contributed by atoms with Crippen LogP contribution in [0.2, 0.25) is 5.02 Å². The van der Waals surface area contributed by atoms with Crippen LogP contribution in [0.15, 0.2) is 43.1 Å². The van der Waals surface area contributed by atoms with Crippen LogP contribution in [0.4, 0.5) is 24.8 Å². The van der Waals surface area contributed by atoms with Gasteiger partial charge < -0.3 is 10.4 Å². The Morgan fingerprint density at radius 2 is 2.00 bits per heavy atom. The Hall–Kier alpha value is -4.43. The number of aromatic nitrogens is 6. The number of benzene rings is 1. The second-order valence-electron chi connectivity index (χ2n) is 10.0. The van der Waals surface area contributed by atoms with Crippen LogP contribution in [0.5, 0.6) is 0 Å². The summed E-state index contributed by atoms with van der Waals surface area (Å²) in [7, 11) is 0. The minimum atomic E-state index is -3.02. The minimum Gasteiger partial charge on any atom is -0.394 e. The molecule has 0 bridgehead atoms. The van der Waals surface area contributed by atoms with Crippen LogP contribution >= 0.6 is 11.6 Å². The topological polar surface area (TPSA) is 139 Å². The Morgan fingerprint density at radius 1 is 1.19 bits per heavy atom. The van der Waals surface area contributed by atoms with Crippen molar-refractivity contribution in [1.82, 2.24) is 29.7 Å². The number of halogens is 4. The van der Waals surface area contributed by atoms with E-state index < -0.39 is 35.3 Å². The summed E-state index contributed by atoms with van der Waals surface area (Å²) in [5.74, 6) is -1.08. The fourth-order valence-corrected chi connectivity index (χ4v) is 5.23. The fourth-order valence-electron chi connectivity index (χ4n) is 5.07. The third kappa shape index (κ3) is 4.96. The van der Waals surface area contributed by atoms with Crippen LogP contribution in [0, 0.1) is 24.6 Å². The first-order chi connectivity index (χ1) is 20.2. The highest BCUT2D eigenvalue weighted by atomic mass is 35.5. The van der Waals surface area contributed by atoms with Gasteiger partial charge in [0, 0.05) is 47.2 Å². The summed E-state index contributed by atoms with van der Waals surface area (Å²) in [6.07, 6.45) is 4.39. The molecule has 0 radical (unpaired) electrons. The van der Waals surface area contributed by atoms with Gasteiger partial charge in [-0.05, 0) is 25.3 Å². The molecule has 6 rings (SSSR count). The van der Waals surface area contributed by atoms with Crippen LogP contribution in [0.1, 0.15) is 46.2 Å². The third-order valence-electron chi connectivity index (χ3n) is 7.37. The number of hydrogen-bond donors (Lipinski definition) is 2. The van der Waals surface area contributed by atoms with Crippen LogP contribution in [-0.2, 0) is 4.79 Å². The molecular formula is C27H22ClF3N8O3. The smallest absolute Gasteiger partial charge is 0.275 e. The molecule has 3 aromatic heterocycles. The summed E-state index contributed by atoms with van der Waals surface area (Å²) in [5, 5.41) is 16.6. The molecule has 2 amide bonds. The lowest BCUT2D eigenvalue weighted by molar-refractivity contribution is -0.118. The van der Waals surface area contributed by atoms with E-state index in [0.29, 0.717) is 29.7 Å². The number of rotatable bonds is 8. The van der Waals surface area contributed by atoms with Crippen molar-refractivity contribution < 1.29 is 27.9 Å². The standard InChI is InChI=1S/C27H22ClF3N8O3/c1-12-17(6-33-27(35-12)38-9-13-4-16(13)26(38)42)21(11-40)39-10-14(5-34-39)36-25(41)20-8-32-7-19(37-20)22-15(24(30)31)2-3-18(28)23(22)29/h2-3,5-8,10,13,16,21,24,40H,4,9,11H2,1H3,(H,36,41)/t13-,16-,21-/m1/s1. The molecule has 2 aliphatic rings. The highest BCUT2D eigenvalue weighted by molar-refractivity contribution is 6.31. The van der Waals surface area contributed by atoms with Crippen LogP contribution in [0.3, 0.4) is 0 Å². The number of nitrogens with zero attached hydrogens (tertiary/aromatic N) is 7. The average molecular weight is 599 g/mol. The van der Waals surface area contributed by atoms with E-state index in [1.807, 2.05) is 0 Å². The molecular weight excluding hydrogens is 577 g/mol. The Morgan fingerprint density at radius 3 is 2.69 bits per heavy atom. The number of piperidine rings is 1. The summed E-state index contributed by atoms with van der Waals surface area (Å²) in [4.78, 5) is 43.7. The van der Waals surface area contributed by atoms with Crippen molar-refractivity contribution >= 4 is 35.1 Å². The van der Waals surface area contributed by atoms with Crippen molar-refractivity contribution in [2.24, 2.45) is 11.8 Å². The van der Waals surface area contributed by atoms with E-state index in [2.05, 4.69) is 30.4 Å². The maximum Gasteiger partial charge on any atom is 0.275 e. The number of carbonyl (C=O) groups is 2. The molecule has 3 atom stereocenters. The van der Waals surface area contributed by atoms with Gasteiger partial charge in [-0.3, -0.25) is 24.2 Å². The van der Waals surface area contributed by atoms with Gasteiger partial charge in [-0.25, -0.2) is 28.1 Å². The first-order valence-electron chi connectivity index (χ1n) is 12.9. The van der Waals surface area contributed by atoms with E-state index in [0.717, 1.165) is 30.9 Å². The molecule has 4 heterocycles. The van der Waals surface area contributed by atoms with Crippen molar-refractivity contribution in [3.8, 4) is 11.3 Å². The molecule has 4 aromatic rings. The van der Waals surface area contributed by atoms with E-state index in [9.17, 15) is 27.9 Å². The monoisotopic (exact) mass is 598 g/mol. The van der Waals surface area contributed by atoms with Crippen molar-refractivity contribution in [3.63, 3.8) is 0 Å². The molecule has 1 aromatic carbocycles. The summed E-state index contributed by atoms with van der Waals surface area (Å²) < 4.78 is 43.2. The fraction of sp³-hybridized carbons (Fsp3) is 0.296. The SMILES string of the molecule is Cc1nc(N2C[C@H]3C[C@H]3C2=O)ncc1[C@@H](CO)n1cc(NC(=O)c2cncc(-c3c(C(F)F)ccc(Cl)c3F)n2)cn1. The third-order valence-corrected chi connectivity index (χ3v) is 7.66.